The molecule has 1 aromatic heterocycles. The van der Waals surface area contributed by atoms with Crippen LogP contribution >= 0.6 is 28.1 Å². The van der Waals surface area contributed by atoms with Crippen molar-refractivity contribution in [2.75, 3.05) is 5.32 Å². The number of rotatable bonds is 3. The number of hydrazone groups is 1. The lowest BCUT2D eigenvalue weighted by molar-refractivity contribution is 1.05. The van der Waals surface area contributed by atoms with Crippen LogP contribution in [0.3, 0.4) is 0 Å². The first-order chi connectivity index (χ1) is 9.24. The molecule has 0 aliphatic carbocycles. The Bertz CT molecular complexity index is 569. The smallest absolute Gasteiger partial charge is 0.191 e. The number of anilines is 1. The molecule has 96 valence electrons. The van der Waals surface area contributed by atoms with Gasteiger partial charge in [0.2, 0.25) is 0 Å². The largest absolute Gasteiger partial charge is 0.331 e. The fourth-order valence-corrected chi connectivity index (χ4v) is 1.71. The van der Waals surface area contributed by atoms with Crippen molar-refractivity contribution in [1.82, 2.24) is 10.4 Å². The molecule has 1 aromatic carbocycles. The fraction of sp³-hybridized carbons (Fsp3) is 0. The van der Waals surface area contributed by atoms with E-state index in [0.29, 0.717) is 5.11 Å². The molecule has 0 unspecified atom stereocenters. The standard InChI is InChI=1S/C13H11BrN4S/c14-10-6-7-12(15-8-10)9-16-18-13(19)17-11-4-2-1-3-5-11/h1-9H,(H2,17,18,19)/b16-9+. The average Bonchev–Trinajstić information content (AvgIpc) is 2.42. The lowest BCUT2D eigenvalue weighted by Crippen LogP contribution is -2.23. The predicted octanol–water partition coefficient (Wildman–Crippen LogP) is 3.16. The van der Waals surface area contributed by atoms with E-state index in [2.05, 4.69) is 36.8 Å². The second-order valence-corrected chi connectivity index (χ2v) is 4.92. The Labute approximate surface area is 125 Å². The molecule has 2 aromatic rings. The Morgan fingerprint density at radius 2 is 2.00 bits per heavy atom. The van der Waals surface area contributed by atoms with E-state index < -0.39 is 0 Å². The third kappa shape index (κ3) is 4.76. The first-order valence-corrected chi connectivity index (χ1v) is 6.71. The summed E-state index contributed by atoms with van der Waals surface area (Å²) in [5.74, 6) is 0. The number of hydrogen-bond donors (Lipinski definition) is 2. The first kappa shape index (κ1) is 13.6. The van der Waals surface area contributed by atoms with E-state index in [-0.39, 0.29) is 0 Å². The van der Waals surface area contributed by atoms with Gasteiger partial charge in [-0.2, -0.15) is 5.10 Å². The SMILES string of the molecule is S=C(N/N=C/c1ccc(Br)cn1)Nc1ccccc1. The van der Waals surface area contributed by atoms with Gasteiger partial charge in [0.1, 0.15) is 0 Å². The molecule has 6 heteroatoms. The molecule has 1 heterocycles. The molecule has 2 N–H and O–H groups in total. The Kier molecular flexibility index (Phi) is 5.00. The van der Waals surface area contributed by atoms with Crippen LogP contribution in [0.4, 0.5) is 5.69 Å². The van der Waals surface area contributed by atoms with Gasteiger partial charge in [-0.3, -0.25) is 10.4 Å². The zero-order valence-corrected chi connectivity index (χ0v) is 12.3. The molecule has 0 saturated carbocycles. The minimum Gasteiger partial charge on any atom is -0.331 e. The van der Waals surface area contributed by atoms with Gasteiger partial charge in [-0.25, -0.2) is 0 Å². The molecule has 0 aliphatic heterocycles. The average molecular weight is 335 g/mol. The van der Waals surface area contributed by atoms with Crippen LogP contribution in [0.2, 0.25) is 0 Å². The van der Waals surface area contributed by atoms with Gasteiger partial charge in [-0.05, 0) is 52.4 Å². The van der Waals surface area contributed by atoms with Crippen molar-refractivity contribution in [3.8, 4) is 0 Å². The van der Waals surface area contributed by atoms with Crippen molar-refractivity contribution in [3.05, 3.63) is 58.8 Å². The summed E-state index contributed by atoms with van der Waals surface area (Å²) in [5.41, 5.74) is 4.39. The van der Waals surface area contributed by atoms with Crippen molar-refractivity contribution in [2.45, 2.75) is 0 Å². The monoisotopic (exact) mass is 334 g/mol. The van der Waals surface area contributed by atoms with Crippen molar-refractivity contribution in [3.63, 3.8) is 0 Å². The molecular formula is C13H11BrN4S. The van der Waals surface area contributed by atoms with E-state index in [1.165, 1.54) is 0 Å². The molecule has 0 spiro atoms. The van der Waals surface area contributed by atoms with E-state index in [1.54, 1.807) is 12.4 Å². The van der Waals surface area contributed by atoms with Crippen LogP contribution in [0.1, 0.15) is 5.69 Å². The quantitative estimate of drug-likeness (QED) is 0.514. The Hall–Kier alpha value is -1.79. The molecule has 0 amide bonds. The molecule has 2 rings (SSSR count). The second kappa shape index (κ2) is 6.96. The number of para-hydroxylation sites is 1. The Morgan fingerprint density at radius 3 is 2.68 bits per heavy atom. The highest BCUT2D eigenvalue weighted by atomic mass is 79.9. The van der Waals surface area contributed by atoms with Gasteiger partial charge in [0.05, 0.1) is 11.9 Å². The molecule has 4 nitrogen and oxygen atoms in total. The van der Waals surface area contributed by atoms with Crippen molar-refractivity contribution < 1.29 is 0 Å². The summed E-state index contributed by atoms with van der Waals surface area (Å²) < 4.78 is 0.930. The van der Waals surface area contributed by atoms with E-state index >= 15 is 0 Å². The lowest BCUT2D eigenvalue weighted by atomic mass is 10.3. The summed E-state index contributed by atoms with van der Waals surface area (Å²) in [7, 11) is 0. The maximum atomic E-state index is 5.11. The molecule has 19 heavy (non-hydrogen) atoms. The summed E-state index contributed by atoms with van der Waals surface area (Å²) in [6.07, 6.45) is 3.31. The number of nitrogens with one attached hydrogen (secondary N) is 2. The van der Waals surface area contributed by atoms with Crippen molar-refractivity contribution >= 4 is 45.2 Å². The van der Waals surface area contributed by atoms with Gasteiger partial charge in [0.25, 0.3) is 0 Å². The van der Waals surface area contributed by atoms with Crippen LogP contribution in [0, 0.1) is 0 Å². The minimum atomic E-state index is 0.430. The molecule has 0 atom stereocenters. The highest BCUT2D eigenvalue weighted by Gasteiger charge is 1.94. The van der Waals surface area contributed by atoms with Crippen LogP contribution in [0.25, 0.3) is 0 Å². The van der Waals surface area contributed by atoms with Crippen molar-refractivity contribution in [2.24, 2.45) is 5.10 Å². The number of halogens is 1. The van der Waals surface area contributed by atoms with Gasteiger partial charge < -0.3 is 5.32 Å². The second-order valence-electron chi connectivity index (χ2n) is 3.59. The van der Waals surface area contributed by atoms with Crippen LogP contribution in [-0.2, 0) is 0 Å². The normalized spacial score (nSPS) is 10.4. The predicted molar refractivity (Wildman–Crippen MR) is 85.3 cm³/mol. The van der Waals surface area contributed by atoms with E-state index in [1.807, 2.05) is 42.5 Å². The van der Waals surface area contributed by atoms with Crippen LogP contribution in [0.15, 0.2) is 58.2 Å². The van der Waals surface area contributed by atoms with E-state index in [0.717, 1.165) is 15.9 Å². The Morgan fingerprint density at radius 1 is 1.21 bits per heavy atom. The molecular weight excluding hydrogens is 324 g/mol. The maximum Gasteiger partial charge on any atom is 0.191 e. The number of benzene rings is 1. The van der Waals surface area contributed by atoms with Gasteiger partial charge >= 0.3 is 0 Å². The molecule has 0 saturated heterocycles. The summed E-state index contributed by atoms with van der Waals surface area (Å²) in [6.45, 7) is 0. The molecule has 0 bridgehead atoms. The van der Waals surface area contributed by atoms with Crippen molar-refractivity contribution in [1.29, 1.82) is 0 Å². The van der Waals surface area contributed by atoms with E-state index in [4.69, 9.17) is 12.2 Å². The van der Waals surface area contributed by atoms with Gasteiger partial charge in [0.15, 0.2) is 5.11 Å². The zero-order valence-electron chi connectivity index (χ0n) is 9.88. The van der Waals surface area contributed by atoms with Gasteiger partial charge in [-0.15, -0.1) is 0 Å². The number of thiocarbonyl (C=S) groups is 1. The maximum absolute atomic E-state index is 5.11. The summed E-state index contributed by atoms with van der Waals surface area (Å²) in [5, 5.41) is 7.46. The summed E-state index contributed by atoms with van der Waals surface area (Å²) in [6, 6.07) is 13.4. The van der Waals surface area contributed by atoms with Crippen LogP contribution in [-0.4, -0.2) is 16.3 Å². The third-order valence-electron chi connectivity index (χ3n) is 2.14. The topological polar surface area (TPSA) is 49.3 Å². The fourth-order valence-electron chi connectivity index (χ4n) is 1.30. The molecule has 0 aliphatic rings. The van der Waals surface area contributed by atoms with Crippen LogP contribution in [0.5, 0.6) is 0 Å². The number of pyridine rings is 1. The first-order valence-electron chi connectivity index (χ1n) is 5.51. The lowest BCUT2D eigenvalue weighted by Gasteiger charge is -2.05. The number of aromatic nitrogens is 1. The Balaban J connectivity index is 1.85. The minimum absolute atomic E-state index is 0.430. The van der Waals surface area contributed by atoms with Gasteiger partial charge in [0, 0.05) is 16.4 Å². The van der Waals surface area contributed by atoms with Crippen LogP contribution < -0.4 is 10.7 Å². The molecule has 0 radical (unpaired) electrons. The number of nitrogens with zero attached hydrogens (tertiary/aromatic N) is 2. The highest BCUT2D eigenvalue weighted by Crippen LogP contribution is 2.06. The van der Waals surface area contributed by atoms with E-state index in [9.17, 15) is 0 Å². The summed E-state index contributed by atoms with van der Waals surface area (Å²) in [4.78, 5) is 4.16. The molecule has 0 fully saturated rings. The van der Waals surface area contributed by atoms with Gasteiger partial charge in [-0.1, -0.05) is 18.2 Å². The summed E-state index contributed by atoms with van der Waals surface area (Å²) >= 11 is 8.43. The number of hydrogen-bond acceptors (Lipinski definition) is 3. The third-order valence-corrected chi connectivity index (χ3v) is 2.81. The highest BCUT2D eigenvalue weighted by molar-refractivity contribution is 9.10. The zero-order chi connectivity index (χ0) is 13.5.